The van der Waals surface area contributed by atoms with Crippen LogP contribution in [0.4, 0.5) is 0 Å². The molecule has 0 atom stereocenters. The molecule has 0 radical (unpaired) electrons. The monoisotopic (exact) mass is 370 g/mol. The fourth-order valence-corrected chi connectivity index (χ4v) is 2.98. The van der Waals surface area contributed by atoms with Crippen LogP contribution in [0.15, 0.2) is 42.6 Å². The molecular weight excluding hydrogens is 348 g/mol. The number of carboxylic acid groups (broad SMARTS) is 1. The lowest BCUT2D eigenvalue weighted by molar-refractivity contribution is -0.162. The van der Waals surface area contributed by atoms with Crippen LogP contribution in [-0.2, 0) is 11.4 Å². The topological polar surface area (TPSA) is 100.0 Å². The van der Waals surface area contributed by atoms with Crippen LogP contribution in [0, 0.1) is 6.92 Å². The number of rotatable bonds is 5. The molecule has 3 rings (SSSR count). The van der Waals surface area contributed by atoms with E-state index in [1.54, 1.807) is 29.3 Å². The van der Waals surface area contributed by atoms with E-state index in [0.717, 1.165) is 11.3 Å². The van der Waals surface area contributed by atoms with Crippen LogP contribution in [0.3, 0.4) is 0 Å². The third kappa shape index (κ3) is 4.43. The molecule has 2 heterocycles. The Morgan fingerprint density at radius 2 is 1.96 bits per heavy atom. The number of piperidine rings is 1. The number of pyridine rings is 1. The van der Waals surface area contributed by atoms with Crippen molar-refractivity contribution < 1.29 is 24.5 Å². The van der Waals surface area contributed by atoms with E-state index in [2.05, 4.69) is 4.98 Å². The number of aryl methyl sites for hydroxylation is 1. The van der Waals surface area contributed by atoms with Crippen molar-refractivity contribution in [2.75, 3.05) is 13.1 Å². The first-order chi connectivity index (χ1) is 12.9. The van der Waals surface area contributed by atoms with Gasteiger partial charge in [-0.05, 0) is 36.8 Å². The summed E-state index contributed by atoms with van der Waals surface area (Å²) in [6.07, 6.45) is 1.70. The summed E-state index contributed by atoms with van der Waals surface area (Å²) in [5, 5.41) is 19.1. The summed E-state index contributed by atoms with van der Waals surface area (Å²) in [4.78, 5) is 29.5. The summed E-state index contributed by atoms with van der Waals surface area (Å²) in [6.45, 7) is 2.62. The lowest BCUT2D eigenvalue weighted by atomic mass is 9.91. The van der Waals surface area contributed by atoms with Gasteiger partial charge in [0, 0.05) is 37.2 Å². The van der Waals surface area contributed by atoms with Crippen LogP contribution < -0.4 is 4.74 Å². The summed E-state index contributed by atoms with van der Waals surface area (Å²) in [6, 6.07) is 10.9. The van der Waals surface area contributed by atoms with Crippen molar-refractivity contribution in [2.24, 2.45) is 0 Å². The molecule has 2 aromatic rings. The highest BCUT2D eigenvalue weighted by Crippen LogP contribution is 2.24. The number of aromatic nitrogens is 1. The molecular formula is C20H22N2O5. The van der Waals surface area contributed by atoms with Gasteiger partial charge in [0.15, 0.2) is 5.60 Å². The van der Waals surface area contributed by atoms with Gasteiger partial charge in [-0.3, -0.25) is 9.78 Å². The SMILES string of the molecule is Cc1ccc(OCc2cccc(C(=O)N3CCC(O)(C(=O)O)CC3)c2)cn1. The molecule has 27 heavy (non-hydrogen) atoms. The Kier molecular flexibility index (Phi) is 5.41. The Hall–Kier alpha value is -2.93. The van der Waals surface area contributed by atoms with E-state index in [1.807, 2.05) is 25.1 Å². The quantitative estimate of drug-likeness (QED) is 0.835. The van der Waals surface area contributed by atoms with Gasteiger partial charge in [0.25, 0.3) is 5.91 Å². The molecule has 7 heteroatoms. The number of benzene rings is 1. The number of carboxylic acids is 1. The summed E-state index contributed by atoms with van der Waals surface area (Å²) < 4.78 is 5.70. The summed E-state index contributed by atoms with van der Waals surface area (Å²) in [7, 11) is 0. The Bertz CT molecular complexity index is 827. The van der Waals surface area contributed by atoms with E-state index in [9.17, 15) is 14.7 Å². The number of aliphatic hydroxyl groups is 1. The van der Waals surface area contributed by atoms with Gasteiger partial charge in [0.1, 0.15) is 12.4 Å². The normalized spacial score (nSPS) is 16.0. The van der Waals surface area contributed by atoms with Gasteiger partial charge in [-0.15, -0.1) is 0 Å². The van der Waals surface area contributed by atoms with Gasteiger partial charge < -0.3 is 19.8 Å². The number of amides is 1. The standard InChI is InChI=1S/C20H22N2O5/c1-14-5-6-17(12-21-14)27-13-15-3-2-4-16(11-15)18(23)22-9-7-20(26,8-10-22)19(24)25/h2-6,11-12,26H,7-10,13H2,1H3,(H,24,25). The molecule has 0 saturated carbocycles. The van der Waals surface area contributed by atoms with Crippen LogP contribution >= 0.6 is 0 Å². The zero-order chi connectivity index (χ0) is 19.4. The van der Waals surface area contributed by atoms with Gasteiger partial charge in [-0.25, -0.2) is 4.79 Å². The highest BCUT2D eigenvalue weighted by molar-refractivity contribution is 5.94. The lowest BCUT2D eigenvalue weighted by Crippen LogP contribution is -2.50. The number of likely N-dealkylation sites (tertiary alicyclic amines) is 1. The second-order valence-corrected chi connectivity index (χ2v) is 6.75. The second-order valence-electron chi connectivity index (χ2n) is 6.75. The van der Waals surface area contributed by atoms with Crippen molar-refractivity contribution in [3.63, 3.8) is 0 Å². The van der Waals surface area contributed by atoms with Gasteiger partial charge in [-0.2, -0.15) is 0 Å². The first-order valence-electron chi connectivity index (χ1n) is 8.77. The minimum atomic E-state index is -1.74. The molecule has 1 aliphatic heterocycles. The van der Waals surface area contributed by atoms with Crippen molar-refractivity contribution in [1.29, 1.82) is 0 Å². The molecule has 0 aliphatic carbocycles. The highest BCUT2D eigenvalue weighted by atomic mass is 16.5. The molecule has 0 unspecified atom stereocenters. The molecule has 7 nitrogen and oxygen atoms in total. The van der Waals surface area contributed by atoms with Crippen LogP contribution in [0.5, 0.6) is 5.75 Å². The second kappa shape index (κ2) is 7.75. The largest absolute Gasteiger partial charge is 0.487 e. The lowest BCUT2D eigenvalue weighted by Gasteiger charge is -2.35. The molecule has 1 aliphatic rings. The first kappa shape index (κ1) is 18.8. The maximum absolute atomic E-state index is 12.7. The molecule has 1 fully saturated rings. The van der Waals surface area contributed by atoms with E-state index >= 15 is 0 Å². The molecule has 1 saturated heterocycles. The third-order valence-corrected chi connectivity index (χ3v) is 4.74. The van der Waals surface area contributed by atoms with Gasteiger partial charge in [0.2, 0.25) is 0 Å². The average molecular weight is 370 g/mol. The molecule has 1 aromatic heterocycles. The third-order valence-electron chi connectivity index (χ3n) is 4.74. The Morgan fingerprint density at radius 1 is 1.22 bits per heavy atom. The zero-order valence-electron chi connectivity index (χ0n) is 15.1. The fourth-order valence-electron chi connectivity index (χ4n) is 2.98. The smallest absolute Gasteiger partial charge is 0.335 e. The van der Waals surface area contributed by atoms with E-state index < -0.39 is 11.6 Å². The van der Waals surface area contributed by atoms with Crippen LogP contribution in [0.25, 0.3) is 0 Å². The number of carbonyl (C=O) groups excluding carboxylic acids is 1. The summed E-state index contributed by atoms with van der Waals surface area (Å²) >= 11 is 0. The number of aliphatic carboxylic acids is 1. The number of nitrogens with zero attached hydrogens (tertiary/aromatic N) is 2. The number of hydrogen-bond acceptors (Lipinski definition) is 5. The van der Waals surface area contributed by atoms with Crippen molar-refractivity contribution in [3.05, 3.63) is 59.4 Å². The Morgan fingerprint density at radius 3 is 2.59 bits per heavy atom. The maximum atomic E-state index is 12.7. The highest BCUT2D eigenvalue weighted by Gasteiger charge is 2.40. The minimum absolute atomic E-state index is 0.0251. The number of carbonyl (C=O) groups is 2. The van der Waals surface area contributed by atoms with Crippen molar-refractivity contribution in [3.8, 4) is 5.75 Å². The Labute approximate surface area is 157 Å². The first-order valence-corrected chi connectivity index (χ1v) is 8.77. The predicted octanol–water partition coefficient (Wildman–Crippen LogP) is 2.02. The zero-order valence-corrected chi connectivity index (χ0v) is 15.1. The molecule has 2 N–H and O–H groups in total. The van der Waals surface area contributed by atoms with Crippen molar-refractivity contribution >= 4 is 11.9 Å². The minimum Gasteiger partial charge on any atom is -0.487 e. The van der Waals surface area contributed by atoms with Crippen molar-refractivity contribution in [1.82, 2.24) is 9.88 Å². The van der Waals surface area contributed by atoms with Gasteiger partial charge >= 0.3 is 5.97 Å². The summed E-state index contributed by atoms with van der Waals surface area (Å²) in [5.74, 6) is -0.762. The van der Waals surface area contributed by atoms with Gasteiger partial charge in [-0.1, -0.05) is 12.1 Å². The molecule has 0 spiro atoms. The molecule has 142 valence electrons. The van der Waals surface area contributed by atoms with Gasteiger partial charge in [0.05, 0.1) is 6.20 Å². The molecule has 1 aromatic carbocycles. The van der Waals surface area contributed by atoms with E-state index in [1.165, 1.54) is 0 Å². The van der Waals surface area contributed by atoms with E-state index in [-0.39, 0.29) is 31.8 Å². The predicted molar refractivity (Wildman–Crippen MR) is 97.5 cm³/mol. The molecule has 1 amide bonds. The van der Waals surface area contributed by atoms with E-state index in [0.29, 0.717) is 17.9 Å². The van der Waals surface area contributed by atoms with E-state index in [4.69, 9.17) is 9.84 Å². The van der Waals surface area contributed by atoms with Crippen LogP contribution in [0.1, 0.15) is 34.5 Å². The summed E-state index contributed by atoms with van der Waals surface area (Å²) in [5.41, 5.74) is 0.528. The number of ether oxygens (including phenoxy) is 1. The fraction of sp³-hybridized carbons (Fsp3) is 0.350. The van der Waals surface area contributed by atoms with Crippen LogP contribution in [-0.4, -0.2) is 50.7 Å². The Balaban J connectivity index is 1.62. The molecule has 0 bridgehead atoms. The van der Waals surface area contributed by atoms with Crippen molar-refractivity contribution in [2.45, 2.75) is 32.0 Å². The van der Waals surface area contributed by atoms with Crippen LogP contribution in [0.2, 0.25) is 0 Å². The number of hydrogen-bond donors (Lipinski definition) is 2. The average Bonchev–Trinajstić information content (AvgIpc) is 2.68. The maximum Gasteiger partial charge on any atom is 0.335 e.